The number of hydrogen-bond donors (Lipinski definition) is 1. The number of aromatic nitrogens is 2. The summed E-state index contributed by atoms with van der Waals surface area (Å²) in [5, 5.41) is 1.89. The molecule has 0 unspecified atom stereocenters. The molecule has 0 aliphatic carbocycles. The quantitative estimate of drug-likeness (QED) is 0.769. The Bertz CT molecular complexity index is 837. The van der Waals surface area contributed by atoms with Crippen molar-refractivity contribution in [3.05, 3.63) is 46.4 Å². The molecular formula is C15H11Cl2N3O. The van der Waals surface area contributed by atoms with Gasteiger partial charge in [0.2, 0.25) is 0 Å². The smallest absolute Gasteiger partial charge is 0.165 e. The lowest BCUT2D eigenvalue weighted by Gasteiger charge is -2.10. The average molecular weight is 320 g/mol. The Morgan fingerprint density at radius 2 is 1.71 bits per heavy atom. The standard InChI is InChI=1S/C15H11Cl2N3O/c1-21-13-7-9(17)2-4-10(13)15-19-12-5-3-8(16)6-11(12)14(18)20-15/h2-7H,1H3,(H2,18,19,20). The van der Waals surface area contributed by atoms with Crippen molar-refractivity contribution in [3.8, 4) is 17.1 Å². The molecule has 0 saturated heterocycles. The van der Waals surface area contributed by atoms with E-state index >= 15 is 0 Å². The molecule has 21 heavy (non-hydrogen) atoms. The van der Waals surface area contributed by atoms with Crippen molar-refractivity contribution < 1.29 is 4.74 Å². The van der Waals surface area contributed by atoms with Crippen LogP contribution < -0.4 is 10.5 Å². The number of anilines is 1. The first-order valence-corrected chi connectivity index (χ1v) is 6.91. The molecule has 6 heteroatoms. The highest BCUT2D eigenvalue weighted by Crippen LogP contribution is 2.32. The molecule has 0 atom stereocenters. The minimum Gasteiger partial charge on any atom is -0.496 e. The van der Waals surface area contributed by atoms with Gasteiger partial charge >= 0.3 is 0 Å². The van der Waals surface area contributed by atoms with Crippen molar-refractivity contribution in [1.29, 1.82) is 0 Å². The maximum Gasteiger partial charge on any atom is 0.165 e. The second-order valence-electron chi connectivity index (χ2n) is 4.44. The topological polar surface area (TPSA) is 61.0 Å². The summed E-state index contributed by atoms with van der Waals surface area (Å²) in [5.41, 5.74) is 7.46. The number of nitrogens with zero attached hydrogens (tertiary/aromatic N) is 2. The largest absolute Gasteiger partial charge is 0.496 e. The predicted molar refractivity (Wildman–Crippen MR) is 86.0 cm³/mol. The summed E-state index contributed by atoms with van der Waals surface area (Å²) in [7, 11) is 1.57. The van der Waals surface area contributed by atoms with Crippen LogP contribution in [0.3, 0.4) is 0 Å². The van der Waals surface area contributed by atoms with E-state index in [1.807, 2.05) is 6.07 Å². The van der Waals surface area contributed by atoms with Gasteiger partial charge in [-0.3, -0.25) is 0 Å². The number of fused-ring (bicyclic) bond motifs is 1. The van der Waals surface area contributed by atoms with Crippen LogP contribution >= 0.6 is 23.2 Å². The fourth-order valence-electron chi connectivity index (χ4n) is 2.09. The molecule has 3 aromatic rings. The first-order chi connectivity index (χ1) is 10.1. The minimum absolute atomic E-state index is 0.370. The van der Waals surface area contributed by atoms with Gasteiger partial charge in [-0.25, -0.2) is 9.97 Å². The van der Waals surface area contributed by atoms with E-state index in [9.17, 15) is 0 Å². The fraction of sp³-hybridized carbons (Fsp3) is 0.0667. The number of hydrogen-bond acceptors (Lipinski definition) is 4. The van der Waals surface area contributed by atoms with Crippen LogP contribution in [-0.4, -0.2) is 17.1 Å². The Hall–Kier alpha value is -2.04. The van der Waals surface area contributed by atoms with Crippen LogP contribution in [-0.2, 0) is 0 Å². The Balaban J connectivity index is 2.24. The average Bonchev–Trinajstić information content (AvgIpc) is 2.47. The summed E-state index contributed by atoms with van der Waals surface area (Å²) in [4.78, 5) is 8.85. The van der Waals surface area contributed by atoms with Crippen LogP contribution in [0.2, 0.25) is 10.0 Å². The monoisotopic (exact) mass is 319 g/mol. The molecule has 0 bridgehead atoms. The van der Waals surface area contributed by atoms with E-state index in [2.05, 4.69) is 9.97 Å². The molecule has 0 radical (unpaired) electrons. The molecule has 0 spiro atoms. The van der Waals surface area contributed by atoms with Gasteiger partial charge in [0.1, 0.15) is 11.6 Å². The molecule has 0 fully saturated rings. The van der Waals surface area contributed by atoms with Crippen molar-refractivity contribution in [2.24, 2.45) is 0 Å². The second-order valence-corrected chi connectivity index (χ2v) is 5.31. The maximum atomic E-state index is 6.01. The molecule has 4 nitrogen and oxygen atoms in total. The zero-order valence-corrected chi connectivity index (χ0v) is 12.6. The third-order valence-corrected chi connectivity index (χ3v) is 3.56. The number of halogens is 2. The number of benzene rings is 2. The number of rotatable bonds is 2. The normalized spacial score (nSPS) is 10.8. The summed E-state index contributed by atoms with van der Waals surface area (Å²) >= 11 is 11.9. The molecule has 2 N–H and O–H groups in total. The molecule has 0 aliphatic rings. The summed E-state index contributed by atoms with van der Waals surface area (Å²) in [6.45, 7) is 0. The van der Waals surface area contributed by atoms with E-state index in [1.54, 1.807) is 37.4 Å². The Morgan fingerprint density at radius 1 is 1.00 bits per heavy atom. The minimum atomic E-state index is 0.370. The Kier molecular flexibility index (Phi) is 3.57. The number of ether oxygens (including phenoxy) is 1. The van der Waals surface area contributed by atoms with Gasteiger partial charge in [0.25, 0.3) is 0 Å². The number of nitrogen functional groups attached to an aromatic ring is 1. The van der Waals surface area contributed by atoms with Crippen LogP contribution in [0.1, 0.15) is 0 Å². The van der Waals surface area contributed by atoms with E-state index in [1.165, 1.54) is 0 Å². The summed E-state index contributed by atoms with van der Waals surface area (Å²) in [6.07, 6.45) is 0. The number of nitrogens with two attached hydrogens (primary N) is 1. The van der Waals surface area contributed by atoms with Crippen LogP contribution in [0.4, 0.5) is 5.82 Å². The van der Waals surface area contributed by atoms with Crippen molar-refractivity contribution in [1.82, 2.24) is 9.97 Å². The maximum absolute atomic E-state index is 6.01. The van der Waals surface area contributed by atoms with E-state index in [0.29, 0.717) is 27.4 Å². The molecule has 1 heterocycles. The molecular weight excluding hydrogens is 309 g/mol. The molecule has 0 aliphatic heterocycles. The first kappa shape index (κ1) is 13.9. The fourth-order valence-corrected chi connectivity index (χ4v) is 2.43. The molecule has 2 aromatic carbocycles. The van der Waals surface area contributed by atoms with E-state index < -0.39 is 0 Å². The van der Waals surface area contributed by atoms with Crippen molar-refractivity contribution in [3.63, 3.8) is 0 Å². The molecule has 3 rings (SSSR count). The SMILES string of the molecule is COc1cc(Cl)ccc1-c1nc(N)c2cc(Cl)ccc2n1. The van der Waals surface area contributed by atoms with Crippen molar-refractivity contribution in [2.45, 2.75) is 0 Å². The second kappa shape index (κ2) is 5.39. The summed E-state index contributed by atoms with van der Waals surface area (Å²) in [6, 6.07) is 10.6. The van der Waals surface area contributed by atoms with Gasteiger partial charge in [-0.1, -0.05) is 23.2 Å². The third-order valence-electron chi connectivity index (χ3n) is 3.09. The van der Waals surface area contributed by atoms with Crippen molar-refractivity contribution in [2.75, 3.05) is 12.8 Å². The van der Waals surface area contributed by atoms with Crippen LogP contribution in [0.15, 0.2) is 36.4 Å². The summed E-state index contributed by atoms with van der Waals surface area (Å²) in [5.74, 6) is 1.44. The number of methoxy groups -OCH3 is 1. The third kappa shape index (κ3) is 2.60. The van der Waals surface area contributed by atoms with Gasteiger partial charge in [0, 0.05) is 15.4 Å². The molecule has 0 saturated carbocycles. The van der Waals surface area contributed by atoms with Crippen LogP contribution in [0, 0.1) is 0 Å². The van der Waals surface area contributed by atoms with Gasteiger partial charge < -0.3 is 10.5 Å². The lowest BCUT2D eigenvalue weighted by molar-refractivity contribution is 0.416. The van der Waals surface area contributed by atoms with Crippen molar-refractivity contribution >= 4 is 39.9 Å². The van der Waals surface area contributed by atoms with Crippen LogP contribution in [0.25, 0.3) is 22.3 Å². The van der Waals surface area contributed by atoms with E-state index in [-0.39, 0.29) is 0 Å². The zero-order chi connectivity index (χ0) is 15.0. The lowest BCUT2D eigenvalue weighted by Crippen LogP contribution is -1.99. The van der Waals surface area contributed by atoms with E-state index in [4.69, 9.17) is 33.7 Å². The molecule has 0 amide bonds. The molecule has 106 valence electrons. The van der Waals surface area contributed by atoms with Gasteiger partial charge in [0.05, 0.1) is 18.2 Å². The Morgan fingerprint density at radius 3 is 2.48 bits per heavy atom. The zero-order valence-electron chi connectivity index (χ0n) is 11.1. The first-order valence-electron chi connectivity index (χ1n) is 6.15. The highest BCUT2D eigenvalue weighted by atomic mass is 35.5. The highest BCUT2D eigenvalue weighted by molar-refractivity contribution is 6.31. The molecule has 1 aromatic heterocycles. The lowest BCUT2D eigenvalue weighted by atomic mass is 10.1. The highest BCUT2D eigenvalue weighted by Gasteiger charge is 2.12. The predicted octanol–water partition coefficient (Wildman–Crippen LogP) is 4.19. The Labute approximate surface area is 131 Å². The van der Waals surface area contributed by atoms with Gasteiger partial charge in [-0.05, 0) is 36.4 Å². The van der Waals surface area contributed by atoms with E-state index in [0.717, 1.165) is 16.5 Å². The van der Waals surface area contributed by atoms with Gasteiger partial charge in [0.15, 0.2) is 5.82 Å². The van der Waals surface area contributed by atoms with Gasteiger partial charge in [-0.15, -0.1) is 0 Å². The van der Waals surface area contributed by atoms with Crippen LogP contribution in [0.5, 0.6) is 5.75 Å². The summed E-state index contributed by atoms with van der Waals surface area (Å²) < 4.78 is 5.33. The van der Waals surface area contributed by atoms with Gasteiger partial charge in [-0.2, -0.15) is 0 Å².